The van der Waals surface area contributed by atoms with Crippen LogP contribution < -0.4 is 5.32 Å². The summed E-state index contributed by atoms with van der Waals surface area (Å²) in [6.07, 6.45) is 36.5. The van der Waals surface area contributed by atoms with Crippen molar-refractivity contribution in [3.05, 3.63) is 0 Å². The molecule has 8 heteroatoms. The smallest absolute Gasteiger partial charge is 0.168 e. The van der Waals surface area contributed by atoms with E-state index in [1.807, 2.05) is 0 Å². The zero-order valence-electron chi connectivity index (χ0n) is 56.8. The Kier molecular flexibility index (Phi) is 31.4. The Balaban J connectivity index is 0.000000236. The Morgan fingerprint density at radius 1 is 0.342 bits per heavy atom. The van der Waals surface area contributed by atoms with Gasteiger partial charge in [0.25, 0.3) is 0 Å². The highest BCUT2D eigenvalue weighted by molar-refractivity contribution is 8.00. The van der Waals surface area contributed by atoms with Gasteiger partial charge in [0.05, 0.1) is 37.6 Å². The Bertz CT molecular complexity index is 1380. The van der Waals surface area contributed by atoms with E-state index in [-0.39, 0.29) is 11.6 Å². The highest BCUT2D eigenvalue weighted by atomic mass is 32.2. The Morgan fingerprint density at radius 3 is 0.873 bits per heavy atom. The van der Waals surface area contributed by atoms with Gasteiger partial charge in [-0.05, 0) is 164 Å². The van der Waals surface area contributed by atoms with Crippen molar-refractivity contribution in [2.45, 2.75) is 335 Å². The Labute approximate surface area is 498 Å². The Morgan fingerprint density at radius 2 is 0.658 bits per heavy atom. The van der Waals surface area contributed by atoms with Gasteiger partial charge >= 0.3 is 0 Å². The van der Waals surface area contributed by atoms with Gasteiger partial charge in [-0.25, -0.2) is 0 Å². The summed E-state index contributed by atoms with van der Waals surface area (Å²) in [7, 11) is 0. The molecular formula is C71H139NO6S. The van der Waals surface area contributed by atoms with Crippen molar-refractivity contribution in [3.8, 4) is 0 Å². The molecule has 6 heterocycles. The molecule has 6 spiro atoms. The van der Waals surface area contributed by atoms with Gasteiger partial charge < -0.3 is 33.7 Å². The van der Waals surface area contributed by atoms with Gasteiger partial charge in [-0.2, -0.15) is 11.8 Å². The van der Waals surface area contributed by atoms with E-state index in [1.54, 1.807) is 12.8 Å². The summed E-state index contributed by atoms with van der Waals surface area (Å²) in [4.78, 5) is 0. The van der Waals surface area contributed by atoms with E-state index in [2.05, 4.69) is 156 Å². The molecule has 1 unspecified atom stereocenters. The molecule has 12 fully saturated rings. The molecule has 1 atom stereocenters. The molecule has 0 bridgehead atoms. The topological polar surface area (TPSA) is 67.4 Å². The van der Waals surface area contributed by atoms with E-state index < -0.39 is 0 Å². The van der Waals surface area contributed by atoms with Crippen LogP contribution in [0.1, 0.15) is 312 Å². The zero-order valence-corrected chi connectivity index (χ0v) is 57.6. The lowest BCUT2D eigenvalue weighted by Crippen LogP contribution is -2.57. The predicted molar refractivity (Wildman–Crippen MR) is 344 cm³/mol. The molecule has 6 saturated heterocycles. The van der Waals surface area contributed by atoms with Crippen LogP contribution in [0.5, 0.6) is 0 Å². The van der Waals surface area contributed by atoms with E-state index in [1.165, 1.54) is 159 Å². The van der Waals surface area contributed by atoms with Crippen LogP contribution in [0.2, 0.25) is 0 Å². The number of hydrogen-bond acceptors (Lipinski definition) is 8. The second kappa shape index (κ2) is 33.8. The van der Waals surface area contributed by atoms with E-state index >= 15 is 0 Å². The summed E-state index contributed by atoms with van der Waals surface area (Å²) in [5, 5.41) is 3.30. The van der Waals surface area contributed by atoms with Gasteiger partial charge in [-0.3, -0.25) is 0 Å². The molecule has 0 aromatic heterocycles. The molecule has 6 saturated carbocycles. The van der Waals surface area contributed by atoms with Crippen molar-refractivity contribution in [1.82, 2.24) is 5.32 Å². The van der Waals surface area contributed by atoms with E-state index in [0.717, 1.165) is 99.8 Å². The molecule has 0 aromatic rings. The summed E-state index contributed by atoms with van der Waals surface area (Å²) in [6, 6.07) is 0. The fourth-order valence-corrected chi connectivity index (χ4v) is 13.8. The minimum Gasteiger partial charge on any atom is -0.375 e. The van der Waals surface area contributed by atoms with Crippen molar-refractivity contribution >= 4 is 11.8 Å². The van der Waals surface area contributed by atoms with Crippen LogP contribution in [0.3, 0.4) is 0 Å². The molecule has 12 rings (SSSR count). The third-order valence-corrected chi connectivity index (χ3v) is 19.0. The molecule has 6 aliphatic carbocycles. The second-order valence-corrected chi connectivity index (χ2v) is 35.2. The highest BCUT2D eigenvalue weighted by Gasteiger charge is 2.46. The Hall–Kier alpha value is 0.0700. The normalized spacial score (nSPS) is 26.9. The second-order valence-electron chi connectivity index (χ2n) is 34.2. The van der Waals surface area contributed by atoms with E-state index in [4.69, 9.17) is 28.4 Å². The molecular weight excluding hydrogens is 995 g/mol. The van der Waals surface area contributed by atoms with Gasteiger partial charge in [0, 0.05) is 52.0 Å². The molecule has 470 valence electrons. The van der Waals surface area contributed by atoms with Crippen LogP contribution in [0.4, 0.5) is 0 Å². The largest absolute Gasteiger partial charge is 0.375 e. The molecule has 0 aromatic carbocycles. The summed E-state index contributed by atoms with van der Waals surface area (Å²) in [6.45, 7) is 52.1. The number of thioether (sulfide) groups is 1. The first-order valence-electron chi connectivity index (χ1n) is 33.7. The molecule has 6 aliphatic heterocycles. The predicted octanol–water partition coefficient (Wildman–Crippen LogP) is 20.6. The van der Waals surface area contributed by atoms with Crippen LogP contribution in [0.25, 0.3) is 0 Å². The summed E-state index contributed by atoms with van der Waals surface area (Å²) in [5.74, 6) is 5.93. The maximum absolute atomic E-state index is 5.78. The van der Waals surface area contributed by atoms with Crippen LogP contribution in [0.15, 0.2) is 0 Å². The van der Waals surface area contributed by atoms with E-state index in [0.29, 0.717) is 32.9 Å². The lowest BCUT2D eigenvalue weighted by atomic mass is 9.65. The van der Waals surface area contributed by atoms with Crippen LogP contribution >= 0.6 is 11.8 Å². The first-order chi connectivity index (χ1) is 36.6. The summed E-state index contributed by atoms with van der Waals surface area (Å²) < 4.78 is 34.3. The first-order valence-corrected chi connectivity index (χ1v) is 34.9. The summed E-state index contributed by atoms with van der Waals surface area (Å²) >= 11 is 2.12. The van der Waals surface area contributed by atoms with Crippen LogP contribution in [0, 0.1) is 56.2 Å². The molecule has 79 heavy (non-hydrogen) atoms. The molecule has 7 nitrogen and oxygen atoms in total. The van der Waals surface area contributed by atoms with Crippen molar-refractivity contribution < 1.29 is 28.4 Å². The average molecular weight is 1130 g/mol. The monoisotopic (exact) mass is 1130 g/mol. The van der Waals surface area contributed by atoms with Gasteiger partial charge in [-0.1, -0.05) is 190 Å². The van der Waals surface area contributed by atoms with E-state index in [9.17, 15) is 0 Å². The minimum atomic E-state index is -0.161. The maximum Gasteiger partial charge on any atom is 0.168 e. The van der Waals surface area contributed by atoms with Gasteiger partial charge in [0.15, 0.2) is 11.6 Å². The highest BCUT2D eigenvalue weighted by Crippen LogP contribution is 2.53. The fraction of sp³-hybridized carbons (Fsp3) is 1.00. The summed E-state index contributed by atoms with van der Waals surface area (Å²) in [5.41, 5.74) is 4.49. The average Bonchev–Trinajstić information content (AvgIpc) is 4.14. The quantitative estimate of drug-likeness (QED) is 0.293. The van der Waals surface area contributed by atoms with Crippen molar-refractivity contribution in [2.75, 3.05) is 64.2 Å². The third-order valence-electron chi connectivity index (χ3n) is 17.3. The van der Waals surface area contributed by atoms with Gasteiger partial charge in [0.1, 0.15) is 0 Å². The van der Waals surface area contributed by atoms with Crippen LogP contribution in [-0.4, -0.2) is 87.0 Å². The van der Waals surface area contributed by atoms with Gasteiger partial charge in [-0.15, -0.1) is 0 Å². The fourth-order valence-electron chi connectivity index (χ4n) is 12.4. The number of rotatable bonds is 2. The third kappa shape index (κ3) is 31.9. The lowest BCUT2D eigenvalue weighted by molar-refractivity contribution is -0.184. The van der Waals surface area contributed by atoms with Gasteiger partial charge in [0.2, 0.25) is 0 Å². The molecule has 0 amide bonds. The maximum atomic E-state index is 5.78. The number of hydrogen-bond donors (Lipinski definition) is 1. The molecule has 12 aliphatic rings. The lowest BCUT2D eigenvalue weighted by Gasteiger charge is -2.49. The minimum absolute atomic E-state index is 0.158. The van der Waals surface area contributed by atoms with Crippen molar-refractivity contribution in [1.29, 1.82) is 0 Å². The number of nitrogens with one attached hydrogen (secondary N) is 1. The SMILES string of the molecule is C1CC2(C1)CNC2.C1CC2(C1)CSC2.C1CCC2(CC1)CCCO2.C1CCC2(CC1)CCCO2.CC(C)(C)C.CC(C)(C)C.CC(C)(C)C.CC(C)(C)C.CC(C)C1CCC2(C1)OCCO2.CC(C)C1CCC2(CC1)OCCO2. The van der Waals surface area contributed by atoms with Crippen LogP contribution in [-0.2, 0) is 28.4 Å². The van der Waals surface area contributed by atoms with Crippen molar-refractivity contribution in [3.63, 3.8) is 0 Å². The first kappa shape index (κ1) is 73.3. The molecule has 0 radical (unpaired) electrons. The number of ether oxygens (including phenoxy) is 6. The molecule has 1 N–H and O–H groups in total. The van der Waals surface area contributed by atoms with Crippen molar-refractivity contribution in [2.24, 2.45) is 56.2 Å². The standard InChI is InChI=1S/C11H20O2.C10H18O2.2C9H16O.C6H11N.C6H10S.4C5H12/c1-9(2)10-3-5-11(6-4-10)12-7-8-13-11;1-8(2)9-3-4-10(7-9)11-5-6-12-10;2*1-2-5-9(6-3-1)7-4-8-10-9;2*1-2-6(3-1)4-7-5-6;4*1-5(2,3)4/h9-10H,3-8H2,1-2H3;8-9H,3-7H2,1-2H3;2*1-8H2;7H,1-5H2;1-5H2;4*1-4H3. The zero-order chi connectivity index (χ0) is 59.1.